The van der Waals surface area contributed by atoms with Gasteiger partial charge in [-0.3, -0.25) is 0 Å². The van der Waals surface area contributed by atoms with Crippen LogP contribution in [0.2, 0.25) is 0 Å². The Balaban J connectivity index is 1.89. The topological polar surface area (TPSA) is 55.8 Å². The number of ether oxygens (including phenoxy) is 2. The minimum absolute atomic E-state index is 0.250. The molecule has 0 heterocycles. The van der Waals surface area contributed by atoms with Crippen LogP contribution in [0.4, 0.5) is 0 Å². The van der Waals surface area contributed by atoms with Gasteiger partial charge in [0.05, 0.1) is 5.56 Å². The lowest BCUT2D eigenvalue weighted by molar-refractivity contribution is 0.0695. The summed E-state index contributed by atoms with van der Waals surface area (Å²) in [7, 11) is 0. The van der Waals surface area contributed by atoms with Crippen molar-refractivity contribution in [1.29, 1.82) is 0 Å². The second-order valence-electron chi connectivity index (χ2n) is 4.39. The van der Waals surface area contributed by atoms with E-state index in [1.165, 1.54) is 0 Å². The molecule has 4 nitrogen and oxygen atoms in total. The van der Waals surface area contributed by atoms with Crippen molar-refractivity contribution in [2.45, 2.75) is 6.92 Å². The summed E-state index contributed by atoms with van der Waals surface area (Å²) in [6, 6.07) is 12.5. The van der Waals surface area contributed by atoms with Gasteiger partial charge in [-0.05, 0) is 37.3 Å². The Morgan fingerprint density at radius 3 is 2.57 bits per heavy atom. The Bertz CT molecular complexity index is 640. The molecule has 0 fully saturated rings. The molecular weight excluding hydrogens is 336 g/mol. The highest BCUT2D eigenvalue weighted by Crippen LogP contribution is 2.21. The van der Waals surface area contributed by atoms with E-state index in [0.29, 0.717) is 24.5 Å². The molecule has 5 heteroatoms. The Hall–Kier alpha value is -2.01. The maximum Gasteiger partial charge on any atom is 0.336 e. The van der Waals surface area contributed by atoms with Crippen molar-refractivity contribution in [3.05, 3.63) is 58.1 Å². The predicted molar refractivity (Wildman–Crippen MR) is 83.3 cm³/mol. The van der Waals surface area contributed by atoms with Crippen LogP contribution in [0.5, 0.6) is 11.5 Å². The van der Waals surface area contributed by atoms with Gasteiger partial charge >= 0.3 is 5.97 Å². The van der Waals surface area contributed by atoms with Crippen LogP contribution in [0.1, 0.15) is 15.9 Å². The summed E-state index contributed by atoms with van der Waals surface area (Å²) in [5.41, 5.74) is 0.868. The monoisotopic (exact) mass is 350 g/mol. The van der Waals surface area contributed by atoms with Gasteiger partial charge in [0.2, 0.25) is 0 Å². The van der Waals surface area contributed by atoms with Gasteiger partial charge in [-0.2, -0.15) is 0 Å². The third-order valence-electron chi connectivity index (χ3n) is 2.92. The molecule has 2 aromatic rings. The van der Waals surface area contributed by atoms with Crippen LogP contribution in [0.15, 0.2) is 46.9 Å². The highest BCUT2D eigenvalue weighted by Gasteiger charge is 2.10. The standard InChI is InChI=1S/C16H15BrO4/c1-11-14(16(18)19)6-3-7-15(11)21-9-8-20-13-5-2-4-12(17)10-13/h2-7,10H,8-9H2,1H3,(H,18,19). The molecule has 0 saturated heterocycles. The molecule has 110 valence electrons. The number of benzene rings is 2. The third-order valence-corrected chi connectivity index (χ3v) is 3.41. The first kappa shape index (κ1) is 15.4. The van der Waals surface area contributed by atoms with Gasteiger partial charge in [0.15, 0.2) is 0 Å². The van der Waals surface area contributed by atoms with Gasteiger partial charge in [-0.25, -0.2) is 4.79 Å². The average molecular weight is 351 g/mol. The van der Waals surface area contributed by atoms with Gasteiger partial charge in [0.25, 0.3) is 0 Å². The van der Waals surface area contributed by atoms with Crippen LogP contribution >= 0.6 is 15.9 Å². The Morgan fingerprint density at radius 2 is 1.86 bits per heavy atom. The first-order valence-corrected chi connectivity index (χ1v) is 7.21. The van der Waals surface area contributed by atoms with Crippen molar-refractivity contribution >= 4 is 21.9 Å². The minimum Gasteiger partial charge on any atom is -0.490 e. The summed E-state index contributed by atoms with van der Waals surface area (Å²) in [5.74, 6) is 0.361. The number of carbonyl (C=O) groups is 1. The molecule has 0 amide bonds. The van der Waals surface area contributed by atoms with Gasteiger partial charge in [0, 0.05) is 10.0 Å². The summed E-state index contributed by atoms with van der Waals surface area (Å²) in [6.45, 7) is 2.46. The van der Waals surface area contributed by atoms with Gasteiger partial charge in [-0.15, -0.1) is 0 Å². The number of rotatable bonds is 6. The molecule has 0 aromatic heterocycles. The highest BCUT2D eigenvalue weighted by atomic mass is 79.9. The Kier molecular flexibility index (Phi) is 5.22. The van der Waals surface area contributed by atoms with Crippen molar-refractivity contribution in [3.63, 3.8) is 0 Å². The average Bonchev–Trinajstić information content (AvgIpc) is 2.45. The lowest BCUT2D eigenvalue weighted by atomic mass is 10.1. The third kappa shape index (κ3) is 4.23. The lowest BCUT2D eigenvalue weighted by Crippen LogP contribution is -2.10. The molecule has 0 unspecified atom stereocenters. The summed E-state index contributed by atoms with van der Waals surface area (Å²) in [5, 5.41) is 9.05. The number of halogens is 1. The first-order valence-electron chi connectivity index (χ1n) is 6.42. The smallest absolute Gasteiger partial charge is 0.336 e. The van der Waals surface area contributed by atoms with Crippen LogP contribution < -0.4 is 9.47 Å². The van der Waals surface area contributed by atoms with Crippen molar-refractivity contribution < 1.29 is 19.4 Å². The van der Waals surface area contributed by atoms with Crippen LogP contribution in [0, 0.1) is 6.92 Å². The molecule has 0 aliphatic heterocycles. The maximum atomic E-state index is 11.0. The number of carboxylic acids is 1. The van der Waals surface area contributed by atoms with E-state index in [4.69, 9.17) is 14.6 Å². The summed E-state index contributed by atoms with van der Waals surface area (Å²) in [4.78, 5) is 11.0. The van der Waals surface area contributed by atoms with Crippen LogP contribution in [0.3, 0.4) is 0 Å². The summed E-state index contributed by atoms with van der Waals surface area (Å²) < 4.78 is 12.1. The van der Waals surface area contributed by atoms with Crippen LogP contribution in [0.25, 0.3) is 0 Å². The van der Waals surface area contributed by atoms with Gasteiger partial charge in [0.1, 0.15) is 24.7 Å². The molecule has 1 N–H and O–H groups in total. The molecule has 0 atom stereocenters. The van der Waals surface area contributed by atoms with E-state index in [1.54, 1.807) is 25.1 Å². The Labute approximate surface area is 131 Å². The molecule has 0 saturated carbocycles. The number of hydrogen-bond acceptors (Lipinski definition) is 3. The molecule has 0 radical (unpaired) electrons. The van der Waals surface area contributed by atoms with Crippen LogP contribution in [-0.2, 0) is 0 Å². The molecule has 0 spiro atoms. The fourth-order valence-corrected chi connectivity index (χ4v) is 2.25. The molecule has 0 bridgehead atoms. The van der Waals surface area contributed by atoms with E-state index < -0.39 is 5.97 Å². The molecular formula is C16H15BrO4. The minimum atomic E-state index is -0.955. The van der Waals surface area contributed by atoms with E-state index in [2.05, 4.69) is 15.9 Å². The quantitative estimate of drug-likeness (QED) is 0.802. The number of carboxylic acid groups (broad SMARTS) is 1. The Morgan fingerprint density at radius 1 is 1.14 bits per heavy atom. The molecule has 21 heavy (non-hydrogen) atoms. The van der Waals surface area contributed by atoms with E-state index in [9.17, 15) is 4.79 Å². The second-order valence-corrected chi connectivity index (χ2v) is 5.30. The molecule has 2 rings (SSSR count). The van der Waals surface area contributed by atoms with E-state index in [1.807, 2.05) is 24.3 Å². The fourth-order valence-electron chi connectivity index (χ4n) is 1.87. The number of hydrogen-bond donors (Lipinski definition) is 1. The van der Waals surface area contributed by atoms with Crippen molar-refractivity contribution in [1.82, 2.24) is 0 Å². The van der Waals surface area contributed by atoms with E-state index in [-0.39, 0.29) is 5.56 Å². The molecule has 0 aliphatic rings. The second kappa shape index (κ2) is 7.13. The zero-order valence-corrected chi connectivity index (χ0v) is 13.1. The lowest BCUT2D eigenvalue weighted by Gasteiger charge is -2.11. The van der Waals surface area contributed by atoms with E-state index in [0.717, 1.165) is 10.2 Å². The zero-order valence-electron chi connectivity index (χ0n) is 11.5. The number of aromatic carboxylic acids is 1. The van der Waals surface area contributed by atoms with Crippen molar-refractivity contribution in [3.8, 4) is 11.5 Å². The van der Waals surface area contributed by atoms with Crippen LogP contribution in [-0.4, -0.2) is 24.3 Å². The van der Waals surface area contributed by atoms with E-state index >= 15 is 0 Å². The molecule has 2 aromatic carbocycles. The van der Waals surface area contributed by atoms with Gasteiger partial charge in [-0.1, -0.05) is 28.1 Å². The molecule has 0 aliphatic carbocycles. The largest absolute Gasteiger partial charge is 0.490 e. The van der Waals surface area contributed by atoms with Gasteiger partial charge < -0.3 is 14.6 Å². The predicted octanol–water partition coefficient (Wildman–Crippen LogP) is 3.91. The fraction of sp³-hybridized carbons (Fsp3) is 0.188. The maximum absolute atomic E-state index is 11.0. The zero-order chi connectivity index (χ0) is 15.2. The van der Waals surface area contributed by atoms with Crippen molar-refractivity contribution in [2.24, 2.45) is 0 Å². The first-order chi connectivity index (χ1) is 10.1. The summed E-state index contributed by atoms with van der Waals surface area (Å²) in [6.07, 6.45) is 0. The summed E-state index contributed by atoms with van der Waals surface area (Å²) >= 11 is 3.37. The normalized spacial score (nSPS) is 10.2. The highest BCUT2D eigenvalue weighted by molar-refractivity contribution is 9.10. The SMILES string of the molecule is Cc1c(OCCOc2cccc(Br)c2)cccc1C(=O)O. The van der Waals surface area contributed by atoms with Crippen molar-refractivity contribution in [2.75, 3.05) is 13.2 Å².